The summed E-state index contributed by atoms with van der Waals surface area (Å²) in [6, 6.07) is 15.2. The van der Waals surface area contributed by atoms with Crippen LogP contribution in [0.25, 0.3) is 16.5 Å². The molecule has 6 heteroatoms. The van der Waals surface area contributed by atoms with Crippen LogP contribution < -0.4 is 5.32 Å². The van der Waals surface area contributed by atoms with Gasteiger partial charge in [0.15, 0.2) is 0 Å². The van der Waals surface area contributed by atoms with E-state index in [4.69, 9.17) is 0 Å². The molecule has 0 aliphatic carbocycles. The van der Waals surface area contributed by atoms with Crippen molar-refractivity contribution in [1.29, 1.82) is 5.26 Å². The fourth-order valence-corrected chi connectivity index (χ4v) is 4.47. The van der Waals surface area contributed by atoms with Gasteiger partial charge in [-0.25, -0.2) is 4.39 Å². The number of fused-ring (bicyclic) bond motifs is 1. The van der Waals surface area contributed by atoms with Crippen LogP contribution in [0.3, 0.4) is 0 Å². The van der Waals surface area contributed by atoms with Gasteiger partial charge in [0.25, 0.3) is 0 Å². The Hall–Kier alpha value is -3.95. The molecule has 2 N–H and O–H groups in total. The van der Waals surface area contributed by atoms with Crippen LogP contribution >= 0.6 is 0 Å². The van der Waals surface area contributed by atoms with Gasteiger partial charge in [-0.15, -0.1) is 0 Å². The molecular formula is C27H24FN5. The molecule has 2 aromatic heterocycles. The monoisotopic (exact) mass is 437 g/mol. The maximum atomic E-state index is 13.5. The van der Waals surface area contributed by atoms with Crippen molar-refractivity contribution in [1.82, 2.24) is 14.9 Å². The first-order valence-corrected chi connectivity index (χ1v) is 11.0. The summed E-state index contributed by atoms with van der Waals surface area (Å²) in [6.07, 6.45) is 8.39. The molecular weight excluding hydrogens is 413 g/mol. The summed E-state index contributed by atoms with van der Waals surface area (Å²) in [7, 11) is 0. The lowest BCUT2D eigenvalue weighted by atomic mass is 9.97. The third-order valence-electron chi connectivity index (χ3n) is 6.26. The summed E-state index contributed by atoms with van der Waals surface area (Å²) < 4.78 is 13.5. The number of H-pyrrole nitrogens is 1. The van der Waals surface area contributed by atoms with E-state index in [1.54, 1.807) is 18.3 Å². The van der Waals surface area contributed by atoms with Gasteiger partial charge in [0.05, 0.1) is 11.3 Å². The van der Waals surface area contributed by atoms with E-state index in [1.165, 1.54) is 6.07 Å². The number of hydrogen-bond donors (Lipinski definition) is 2. The summed E-state index contributed by atoms with van der Waals surface area (Å²) in [4.78, 5) is 9.86. The van der Waals surface area contributed by atoms with Crippen molar-refractivity contribution in [3.63, 3.8) is 0 Å². The highest BCUT2D eigenvalue weighted by Crippen LogP contribution is 2.35. The normalized spacial score (nSPS) is 14.2. The third kappa shape index (κ3) is 4.23. The van der Waals surface area contributed by atoms with Crippen LogP contribution in [-0.2, 0) is 6.54 Å². The van der Waals surface area contributed by atoms with Crippen LogP contribution in [0.2, 0.25) is 0 Å². The van der Waals surface area contributed by atoms with Gasteiger partial charge in [-0.05, 0) is 60.4 Å². The van der Waals surface area contributed by atoms with Gasteiger partial charge < -0.3 is 10.3 Å². The first-order valence-electron chi connectivity index (χ1n) is 11.0. The van der Waals surface area contributed by atoms with E-state index < -0.39 is 0 Å². The average Bonchev–Trinajstić information content (AvgIpc) is 3.31. The number of rotatable bonds is 5. The lowest BCUT2D eigenvalue weighted by Crippen LogP contribution is -2.28. The molecule has 1 aliphatic heterocycles. The van der Waals surface area contributed by atoms with Crippen LogP contribution in [0.4, 0.5) is 15.8 Å². The second-order valence-electron chi connectivity index (χ2n) is 8.37. The molecule has 164 valence electrons. The van der Waals surface area contributed by atoms with E-state index in [9.17, 15) is 9.65 Å². The highest BCUT2D eigenvalue weighted by atomic mass is 19.1. The van der Waals surface area contributed by atoms with Gasteiger partial charge in [0.2, 0.25) is 0 Å². The lowest BCUT2D eigenvalue weighted by Gasteiger charge is -2.27. The van der Waals surface area contributed by atoms with Crippen LogP contribution in [0.1, 0.15) is 28.7 Å². The predicted octanol–water partition coefficient (Wildman–Crippen LogP) is 5.92. The van der Waals surface area contributed by atoms with Crippen molar-refractivity contribution in [3.05, 3.63) is 95.2 Å². The minimum absolute atomic E-state index is 0.205. The van der Waals surface area contributed by atoms with Gasteiger partial charge in [-0.3, -0.25) is 9.88 Å². The van der Waals surface area contributed by atoms with Gasteiger partial charge in [0.1, 0.15) is 11.9 Å². The smallest absolute Gasteiger partial charge is 0.123 e. The maximum absolute atomic E-state index is 13.5. The summed E-state index contributed by atoms with van der Waals surface area (Å²) in [5, 5.41) is 14.4. The Morgan fingerprint density at radius 1 is 1.21 bits per heavy atom. The van der Waals surface area contributed by atoms with Crippen molar-refractivity contribution in [2.75, 3.05) is 18.4 Å². The Labute approximate surface area is 192 Å². The second kappa shape index (κ2) is 8.89. The molecule has 0 fully saturated rings. The molecule has 33 heavy (non-hydrogen) atoms. The molecule has 5 rings (SSSR count). The molecule has 4 aromatic rings. The minimum atomic E-state index is -0.205. The minimum Gasteiger partial charge on any atom is -0.361 e. The number of nitriles is 1. The fourth-order valence-electron chi connectivity index (χ4n) is 4.47. The Kier molecular flexibility index (Phi) is 5.64. The molecule has 0 radical (unpaired) electrons. The van der Waals surface area contributed by atoms with Gasteiger partial charge in [-0.1, -0.05) is 18.2 Å². The molecule has 1 aliphatic rings. The topological polar surface area (TPSA) is 67.7 Å². The largest absolute Gasteiger partial charge is 0.361 e. The van der Waals surface area contributed by atoms with Gasteiger partial charge >= 0.3 is 0 Å². The summed E-state index contributed by atoms with van der Waals surface area (Å²) >= 11 is 0. The Balaban J connectivity index is 1.42. The van der Waals surface area contributed by atoms with E-state index in [2.05, 4.69) is 45.3 Å². The highest BCUT2D eigenvalue weighted by molar-refractivity contribution is 5.90. The number of hydrogen-bond acceptors (Lipinski definition) is 4. The number of halogens is 1. The predicted molar refractivity (Wildman–Crippen MR) is 130 cm³/mol. The molecule has 0 bridgehead atoms. The molecule has 5 nitrogen and oxygen atoms in total. The fraction of sp³-hybridized carbons (Fsp3) is 0.185. The van der Waals surface area contributed by atoms with Crippen LogP contribution in [0.15, 0.2) is 67.1 Å². The zero-order valence-electron chi connectivity index (χ0n) is 18.4. The van der Waals surface area contributed by atoms with Crippen LogP contribution in [-0.4, -0.2) is 28.0 Å². The molecule has 0 spiro atoms. The number of aromatic amines is 1. The number of nitrogens with one attached hydrogen (secondary N) is 2. The standard InChI is InChI=1S/C27H24FN5/c1-18-23-7-10-31-26(23)6-5-25(18)32-27-21(14-29)15-30-16-24(27)20-8-11-33(12-9-20)17-19-3-2-4-22(28)13-19/h2-8,10,13,15-16,31H,9,11-12,17H2,1H3,(H,30,32). The highest BCUT2D eigenvalue weighted by Gasteiger charge is 2.19. The average molecular weight is 438 g/mol. The molecule has 0 saturated heterocycles. The second-order valence-corrected chi connectivity index (χ2v) is 8.37. The van der Waals surface area contributed by atoms with Crippen molar-refractivity contribution >= 4 is 27.9 Å². The van der Waals surface area contributed by atoms with E-state index in [1.807, 2.05) is 30.6 Å². The number of anilines is 2. The third-order valence-corrected chi connectivity index (χ3v) is 6.26. The van der Waals surface area contributed by atoms with E-state index in [0.717, 1.165) is 64.1 Å². The Bertz CT molecular complexity index is 1400. The van der Waals surface area contributed by atoms with Gasteiger partial charge in [-0.2, -0.15) is 5.26 Å². The quantitative estimate of drug-likeness (QED) is 0.407. The SMILES string of the molecule is Cc1c(Nc2c(C#N)cncc2C2=CCN(Cc3cccc(F)c3)CC2)ccc2[nH]ccc12. The molecule has 0 amide bonds. The molecule has 3 heterocycles. The molecule has 0 unspecified atom stereocenters. The Morgan fingerprint density at radius 3 is 2.91 bits per heavy atom. The van der Waals surface area contributed by atoms with Crippen LogP contribution in [0, 0.1) is 24.1 Å². The van der Waals surface area contributed by atoms with E-state index in [0.29, 0.717) is 12.1 Å². The summed E-state index contributed by atoms with van der Waals surface area (Å²) in [5.74, 6) is -0.205. The summed E-state index contributed by atoms with van der Waals surface area (Å²) in [6.45, 7) is 4.40. The summed E-state index contributed by atoms with van der Waals surface area (Å²) in [5.41, 5.74) is 7.57. The number of pyridine rings is 1. The maximum Gasteiger partial charge on any atom is 0.123 e. The van der Waals surface area contributed by atoms with Crippen molar-refractivity contribution < 1.29 is 4.39 Å². The number of benzene rings is 2. The number of aryl methyl sites for hydroxylation is 1. The molecule has 0 saturated carbocycles. The van der Waals surface area contributed by atoms with Crippen molar-refractivity contribution in [2.24, 2.45) is 0 Å². The number of aromatic nitrogens is 2. The van der Waals surface area contributed by atoms with Gasteiger partial charge in [0, 0.05) is 60.4 Å². The van der Waals surface area contributed by atoms with Crippen molar-refractivity contribution in [2.45, 2.75) is 19.9 Å². The Morgan fingerprint density at radius 2 is 2.12 bits per heavy atom. The molecule has 2 aromatic carbocycles. The van der Waals surface area contributed by atoms with E-state index >= 15 is 0 Å². The van der Waals surface area contributed by atoms with E-state index in [-0.39, 0.29) is 5.82 Å². The zero-order chi connectivity index (χ0) is 22.8. The zero-order valence-corrected chi connectivity index (χ0v) is 18.4. The first-order chi connectivity index (χ1) is 16.1. The van der Waals surface area contributed by atoms with Crippen molar-refractivity contribution in [3.8, 4) is 6.07 Å². The molecule has 0 atom stereocenters. The van der Waals surface area contributed by atoms with Crippen LogP contribution in [0.5, 0.6) is 0 Å². The first kappa shape index (κ1) is 20.9. The number of nitrogens with zero attached hydrogens (tertiary/aromatic N) is 3. The lowest BCUT2D eigenvalue weighted by molar-refractivity contribution is 0.293.